The van der Waals surface area contributed by atoms with E-state index in [4.69, 9.17) is 17.3 Å². The van der Waals surface area contributed by atoms with Crippen molar-refractivity contribution in [2.75, 3.05) is 13.1 Å². The average Bonchev–Trinajstić information content (AvgIpc) is 3.03. The van der Waals surface area contributed by atoms with Crippen LogP contribution in [0.25, 0.3) is 0 Å². The van der Waals surface area contributed by atoms with E-state index < -0.39 is 8.77 Å². The highest BCUT2D eigenvalue weighted by molar-refractivity contribution is 8.29. The lowest BCUT2D eigenvalue weighted by Crippen LogP contribution is -2.49. The van der Waals surface area contributed by atoms with Crippen molar-refractivity contribution in [3.05, 3.63) is 58.1 Å². The number of aromatic hydroxyl groups is 1. The summed E-state index contributed by atoms with van der Waals surface area (Å²) >= 11 is 10.8. The summed E-state index contributed by atoms with van der Waals surface area (Å²) in [6.07, 6.45) is 3.69. The van der Waals surface area contributed by atoms with E-state index in [-0.39, 0.29) is 27.6 Å². The number of benzene rings is 2. The lowest BCUT2D eigenvalue weighted by atomic mass is 9.88. The van der Waals surface area contributed by atoms with Crippen molar-refractivity contribution in [3.8, 4) is 5.75 Å². The van der Waals surface area contributed by atoms with Crippen LogP contribution in [0.3, 0.4) is 0 Å². The fourth-order valence-corrected chi connectivity index (χ4v) is 6.43. The third kappa shape index (κ3) is 4.17. The molecule has 0 radical (unpaired) electrons. The zero-order chi connectivity index (χ0) is 20.8. The van der Waals surface area contributed by atoms with E-state index in [1.807, 2.05) is 6.07 Å². The number of phenolic OH excluding ortho intramolecular Hbond substituents is 1. The molecule has 156 valence electrons. The van der Waals surface area contributed by atoms with Crippen LogP contribution in [0.2, 0.25) is 5.02 Å². The highest BCUT2D eigenvalue weighted by Gasteiger charge is 2.38. The third-order valence-electron chi connectivity index (χ3n) is 6.19. The fourth-order valence-electron chi connectivity index (χ4n) is 4.81. The molecule has 1 aliphatic heterocycles. The standard InChI is InChI=1S/C21H25ClN2O3S2/c22-20-19(29(26,27)28)8-7-14(21(20)25)10-17-16-6-2-1-4-13(16)11-18(17)24-9-3-5-15(23)12-24/h1-2,4,6-8,15,17-18,25H,3,5,9-12,23H2,(H,26,27,28)/t15?,17?,18-/m1/s1. The molecule has 0 saturated carbocycles. The van der Waals surface area contributed by atoms with Gasteiger partial charge in [-0.1, -0.05) is 41.9 Å². The van der Waals surface area contributed by atoms with Crippen molar-refractivity contribution < 1.29 is 13.9 Å². The molecular formula is C21H25ClN2O3S2. The van der Waals surface area contributed by atoms with Gasteiger partial charge in [0, 0.05) is 35.7 Å². The number of rotatable bonds is 4. The largest absolute Gasteiger partial charge is 0.506 e. The number of fused-ring (bicyclic) bond motifs is 1. The van der Waals surface area contributed by atoms with Gasteiger partial charge in [-0.05, 0) is 55.0 Å². The molecule has 8 heteroatoms. The summed E-state index contributed by atoms with van der Waals surface area (Å²) in [4.78, 5) is 2.37. The lowest BCUT2D eigenvalue weighted by molar-refractivity contribution is 0.135. The Balaban J connectivity index is 1.69. The molecule has 0 aromatic heterocycles. The molecule has 2 aliphatic rings. The van der Waals surface area contributed by atoms with Gasteiger partial charge < -0.3 is 15.4 Å². The number of halogens is 1. The number of nitrogens with zero attached hydrogens (tertiary/aromatic N) is 1. The second kappa shape index (κ2) is 8.13. The van der Waals surface area contributed by atoms with Crippen molar-refractivity contribution in [3.63, 3.8) is 0 Å². The SMILES string of the molecule is NC1CCCN([C@@H]2Cc3ccccc3C2Cc2ccc(S(=O)(O)=S)c(Cl)c2O)C1. The van der Waals surface area contributed by atoms with E-state index in [2.05, 4.69) is 34.3 Å². The number of hydrogen-bond donors (Lipinski definition) is 3. The van der Waals surface area contributed by atoms with Gasteiger partial charge in [0.2, 0.25) is 0 Å². The molecule has 1 saturated heterocycles. The number of likely N-dealkylation sites (tertiary alicyclic amines) is 1. The summed E-state index contributed by atoms with van der Waals surface area (Å²) in [5.74, 6) is 0.0283. The van der Waals surface area contributed by atoms with E-state index in [0.717, 1.165) is 32.4 Å². The summed E-state index contributed by atoms with van der Waals surface area (Å²) in [6, 6.07) is 12.0. The van der Waals surface area contributed by atoms with Crippen LogP contribution < -0.4 is 5.73 Å². The minimum Gasteiger partial charge on any atom is -0.506 e. The smallest absolute Gasteiger partial charge is 0.172 e. The molecule has 0 spiro atoms. The Morgan fingerprint density at radius 1 is 1.28 bits per heavy atom. The summed E-state index contributed by atoms with van der Waals surface area (Å²) in [5, 5.41) is 10.5. The van der Waals surface area contributed by atoms with Crippen molar-refractivity contribution in [1.82, 2.24) is 4.90 Å². The van der Waals surface area contributed by atoms with Crippen LogP contribution in [0.5, 0.6) is 5.75 Å². The number of phenols is 1. The van der Waals surface area contributed by atoms with Gasteiger partial charge in [-0.3, -0.25) is 4.90 Å². The minimum absolute atomic E-state index is 0.110. The van der Waals surface area contributed by atoms with Gasteiger partial charge in [0.05, 0.1) is 4.90 Å². The predicted molar refractivity (Wildman–Crippen MR) is 119 cm³/mol. The Morgan fingerprint density at radius 2 is 2.03 bits per heavy atom. The molecule has 1 aliphatic carbocycles. The zero-order valence-corrected chi connectivity index (χ0v) is 18.3. The Hall–Kier alpha value is -1.22. The molecule has 3 unspecified atom stereocenters. The van der Waals surface area contributed by atoms with Gasteiger partial charge >= 0.3 is 0 Å². The topological polar surface area (TPSA) is 86.8 Å². The molecule has 4 N–H and O–H groups in total. The van der Waals surface area contributed by atoms with E-state index in [1.165, 1.54) is 17.2 Å². The molecule has 0 bridgehead atoms. The van der Waals surface area contributed by atoms with E-state index >= 15 is 0 Å². The number of piperidine rings is 1. The first-order valence-electron chi connectivity index (χ1n) is 9.81. The van der Waals surface area contributed by atoms with E-state index in [0.29, 0.717) is 18.0 Å². The minimum atomic E-state index is -3.66. The molecule has 5 nitrogen and oxygen atoms in total. The van der Waals surface area contributed by atoms with Crippen molar-refractivity contribution in [2.45, 2.75) is 48.6 Å². The van der Waals surface area contributed by atoms with Crippen LogP contribution in [0.4, 0.5) is 0 Å². The van der Waals surface area contributed by atoms with Crippen LogP contribution in [-0.4, -0.2) is 43.9 Å². The van der Waals surface area contributed by atoms with Gasteiger partial charge in [0.15, 0.2) is 8.77 Å². The average molecular weight is 453 g/mol. The van der Waals surface area contributed by atoms with Crippen molar-refractivity contribution in [1.29, 1.82) is 0 Å². The first-order valence-corrected chi connectivity index (χ1v) is 12.6. The maximum atomic E-state index is 11.8. The molecule has 29 heavy (non-hydrogen) atoms. The fraction of sp³-hybridized carbons (Fsp3) is 0.429. The highest BCUT2D eigenvalue weighted by Crippen LogP contribution is 2.42. The highest BCUT2D eigenvalue weighted by atomic mass is 35.5. The monoisotopic (exact) mass is 452 g/mol. The molecule has 1 heterocycles. The van der Waals surface area contributed by atoms with Crippen LogP contribution in [0, 0.1) is 0 Å². The molecule has 2 aromatic carbocycles. The maximum absolute atomic E-state index is 11.8. The van der Waals surface area contributed by atoms with E-state index in [9.17, 15) is 13.9 Å². The molecule has 1 fully saturated rings. The van der Waals surface area contributed by atoms with E-state index in [1.54, 1.807) is 6.07 Å². The first kappa shape index (κ1) is 21.0. The lowest BCUT2D eigenvalue weighted by Gasteiger charge is -2.38. The van der Waals surface area contributed by atoms with Crippen molar-refractivity contribution >= 4 is 31.6 Å². The third-order valence-corrected chi connectivity index (χ3v) is 8.12. The zero-order valence-electron chi connectivity index (χ0n) is 16.0. The van der Waals surface area contributed by atoms with Gasteiger partial charge in [-0.25, -0.2) is 4.21 Å². The van der Waals surface area contributed by atoms with Crippen LogP contribution in [0.15, 0.2) is 41.3 Å². The van der Waals surface area contributed by atoms with Gasteiger partial charge in [0.25, 0.3) is 0 Å². The summed E-state index contributed by atoms with van der Waals surface area (Å²) < 4.78 is 21.5. The molecule has 2 aromatic rings. The van der Waals surface area contributed by atoms with Gasteiger partial charge in [-0.2, -0.15) is 0 Å². The second-order valence-corrected chi connectivity index (χ2v) is 11.2. The van der Waals surface area contributed by atoms with Crippen LogP contribution in [-0.2, 0) is 32.8 Å². The normalized spacial score (nSPS) is 26.8. The molecule has 0 amide bonds. The summed E-state index contributed by atoms with van der Waals surface area (Å²) in [7, 11) is -3.66. The maximum Gasteiger partial charge on any atom is 0.172 e. The molecular weight excluding hydrogens is 428 g/mol. The quantitative estimate of drug-likeness (QED) is 0.659. The Bertz CT molecular complexity index is 1030. The Kier molecular flexibility index (Phi) is 5.90. The first-order chi connectivity index (χ1) is 13.8. The summed E-state index contributed by atoms with van der Waals surface area (Å²) in [6.45, 7) is 1.90. The Labute approximate surface area is 181 Å². The Morgan fingerprint density at radius 3 is 2.76 bits per heavy atom. The van der Waals surface area contributed by atoms with Crippen LogP contribution >= 0.6 is 11.6 Å². The van der Waals surface area contributed by atoms with Gasteiger partial charge in [0.1, 0.15) is 10.8 Å². The number of nitrogens with two attached hydrogens (primary N) is 1. The number of hydrogen-bond acceptors (Lipinski definition) is 5. The predicted octanol–water partition coefficient (Wildman–Crippen LogP) is 3.30. The molecule has 4 atom stereocenters. The van der Waals surface area contributed by atoms with Crippen molar-refractivity contribution in [2.24, 2.45) is 5.73 Å². The van der Waals surface area contributed by atoms with Crippen LogP contribution in [0.1, 0.15) is 35.4 Å². The van der Waals surface area contributed by atoms with Gasteiger partial charge in [-0.15, -0.1) is 0 Å². The molecule has 4 rings (SSSR count). The summed E-state index contributed by atoms with van der Waals surface area (Å²) in [5.41, 5.74) is 9.50. The second-order valence-electron chi connectivity index (χ2n) is 8.04.